The van der Waals surface area contributed by atoms with Crippen molar-refractivity contribution in [1.82, 2.24) is 34.4 Å². The first-order valence-corrected chi connectivity index (χ1v) is 11.8. The molecule has 0 bridgehead atoms. The first-order valence-electron chi connectivity index (χ1n) is 9.94. The topological polar surface area (TPSA) is 127 Å². The number of rotatable bonds is 5. The summed E-state index contributed by atoms with van der Waals surface area (Å²) < 4.78 is 26.6. The first-order chi connectivity index (χ1) is 15.4. The van der Waals surface area contributed by atoms with Crippen molar-refractivity contribution in [2.24, 2.45) is 0 Å². The highest BCUT2D eigenvalue weighted by Crippen LogP contribution is 2.22. The van der Waals surface area contributed by atoms with Gasteiger partial charge in [0.15, 0.2) is 21.3 Å². The lowest BCUT2D eigenvalue weighted by Crippen LogP contribution is -2.37. The van der Waals surface area contributed by atoms with Gasteiger partial charge in [-0.25, -0.2) is 28.1 Å². The van der Waals surface area contributed by atoms with Crippen molar-refractivity contribution in [1.29, 1.82) is 0 Å². The van der Waals surface area contributed by atoms with Crippen LogP contribution in [0.5, 0.6) is 0 Å². The molecule has 1 unspecified atom stereocenters. The van der Waals surface area contributed by atoms with Gasteiger partial charge in [0.25, 0.3) is 5.91 Å². The maximum absolute atomic E-state index is 12.7. The Morgan fingerprint density at radius 3 is 2.59 bits per heavy atom. The number of sulfone groups is 1. The summed E-state index contributed by atoms with van der Waals surface area (Å²) in [5.74, 6) is 0.466. The zero-order valence-corrected chi connectivity index (χ0v) is 18.0. The molecule has 1 saturated heterocycles. The fourth-order valence-electron chi connectivity index (χ4n) is 3.72. The number of carbonyl (C=O) groups excluding carboxylic acids is 1. The Kier molecular flexibility index (Phi) is 4.85. The molecule has 11 nitrogen and oxygen atoms in total. The van der Waals surface area contributed by atoms with Gasteiger partial charge in [0.1, 0.15) is 6.33 Å². The molecular formula is C20H20N8O3S. The summed E-state index contributed by atoms with van der Waals surface area (Å²) in [7, 11) is -3.28. The number of hydrogen-bond donors (Lipinski definition) is 1. The number of amides is 1. The van der Waals surface area contributed by atoms with Gasteiger partial charge < -0.3 is 14.6 Å². The van der Waals surface area contributed by atoms with Crippen molar-refractivity contribution in [3.8, 4) is 5.69 Å². The van der Waals surface area contributed by atoms with Gasteiger partial charge in [-0.1, -0.05) is 0 Å². The minimum atomic E-state index is -3.28. The molecule has 0 spiro atoms. The average Bonchev–Trinajstić information content (AvgIpc) is 3.53. The van der Waals surface area contributed by atoms with E-state index in [1.165, 1.54) is 23.1 Å². The highest BCUT2D eigenvalue weighted by atomic mass is 32.2. The van der Waals surface area contributed by atoms with E-state index in [0.29, 0.717) is 12.2 Å². The third-order valence-electron chi connectivity index (χ3n) is 5.34. The van der Waals surface area contributed by atoms with Gasteiger partial charge in [0.2, 0.25) is 5.82 Å². The largest absolute Gasteiger partial charge is 0.351 e. The number of nitrogens with one attached hydrogen (secondary N) is 1. The molecule has 0 aliphatic carbocycles. The molecule has 5 rings (SSSR count). The number of anilines is 1. The molecule has 1 aliphatic rings. The Morgan fingerprint density at radius 1 is 1.09 bits per heavy atom. The third kappa shape index (κ3) is 3.80. The number of fused-ring (bicyclic) bond motifs is 1. The Morgan fingerprint density at radius 2 is 1.84 bits per heavy atom. The van der Waals surface area contributed by atoms with Crippen LogP contribution in [0.3, 0.4) is 0 Å². The van der Waals surface area contributed by atoms with E-state index in [-0.39, 0.29) is 22.7 Å². The van der Waals surface area contributed by atoms with E-state index in [1.54, 1.807) is 24.5 Å². The fraction of sp³-hybridized carbons (Fsp3) is 0.250. The maximum atomic E-state index is 12.7. The molecule has 4 heterocycles. The van der Waals surface area contributed by atoms with Crippen LogP contribution in [-0.2, 0) is 9.84 Å². The van der Waals surface area contributed by atoms with Gasteiger partial charge in [-0.3, -0.25) is 4.79 Å². The fourth-order valence-corrected chi connectivity index (χ4v) is 4.35. The van der Waals surface area contributed by atoms with Crippen LogP contribution < -0.4 is 10.2 Å². The highest BCUT2D eigenvalue weighted by Gasteiger charge is 2.27. The monoisotopic (exact) mass is 452 g/mol. The van der Waals surface area contributed by atoms with Gasteiger partial charge in [-0.05, 0) is 30.7 Å². The molecule has 0 saturated carbocycles. The van der Waals surface area contributed by atoms with Crippen LogP contribution in [0.15, 0.2) is 60.3 Å². The smallest absolute Gasteiger partial charge is 0.291 e. The molecule has 3 aromatic heterocycles. The van der Waals surface area contributed by atoms with Crippen LogP contribution in [-0.4, -0.2) is 68.8 Å². The molecule has 4 aromatic rings. The van der Waals surface area contributed by atoms with Crippen molar-refractivity contribution >= 4 is 27.2 Å². The molecule has 1 N–H and O–H groups in total. The highest BCUT2D eigenvalue weighted by molar-refractivity contribution is 7.90. The molecule has 0 radical (unpaired) electrons. The third-order valence-corrected chi connectivity index (χ3v) is 6.47. The zero-order chi connectivity index (χ0) is 22.3. The number of hydrogen-bond acceptors (Lipinski definition) is 8. The van der Waals surface area contributed by atoms with E-state index in [0.717, 1.165) is 30.7 Å². The van der Waals surface area contributed by atoms with E-state index in [9.17, 15) is 13.2 Å². The SMILES string of the molecule is CS(=O)(=O)c1ccc(-n2cnc(C(=O)NC3CCN(c4nccn5ccnc45)C3)n2)cc1. The lowest BCUT2D eigenvalue weighted by atomic mass is 10.2. The molecule has 1 amide bonds. The van der Waals surface area contributed by atoms with Crippen molar-refractivity contribution in [2.75, 3.05) is 24.2 Å². The summed E-state index contributed by atoms with van der Waals surface area (Å²) in [4.78, 5) is 27.9. The lowest BCUT2D eigenvalue weighted by Gasteiger charge is -2.18. The van der Waals surface area contributed by atoms with E-state index in [4.69, 9.17) is 0 Å². The molecule has 1 aliphatic heterocycles. The normalized spacial score (nSPS) is 16.5. The summed E-state index contributed by atoms with van der Waals surface area (Å²) in [6.07, 6.45) is 10.5. The Balaban J connectivity index is 1.25. The first kappa shape index (κ1) is 20.1. The second-order valence-electron chi connectivity index (χ2n) is 7.59. The van der Waals surface area contributed by atoms with Crippen LogP contribution in [0.1, 0.15) is 17.0 Å². The average molecular weight is 453 g/mol. The van der Waals surface area contributed by atoms with E-state index >= 15 is 0 Å². The quantitative estimate of drug-likeness (QED) is 0.469. The van der Waals surface area contributed by atoms with Crippen molar-refractivity contribution in [2.45, 2.75) is 17.4 Å². The molecule has 32 heavy (non-hydrogen) atoms. The predicted octanol–water partition coefficient (Wildman–Crippen LogP) is 0.722. The van der Waals surface area contributed by atoms with E-state index < -0.39 is 9.84 Å². The van der Waals surface area contributed by atoms with Gasteiger partial charge in [-0.2, -0.15) is 0 Å². The summed E-state index contributed by atoms with van der Waals surface area (Å²) in [5, 5.41) is 7.21. The molecule has 1 atom stereocenters. The van der Waals surface area contributed by atoms with Gasteiger partial charge >= 0.3 is 0 Å². The van der Waals surface area contributed by atoms with Crippen molar-refractivity contribution < 1.29 is 13.2 Å². The summed E-state index contributed by atoms with van der Waals surface area (Å²) in [6, 6.07) is 6.15. The summed E-state index contributed by atoms with van der Waals surface area (Å²) in [6.45, 7) is 1.36. The summed E-state index contributed by atoms with van der Waals surface area (Å²) >= 11 is 0. The molecule has 1 aromatic carbocycles. The number of benzene rings is 1. The van der Waals surface area contributed by atoms with Crippen LogP contribution >= 0.6 is 0 Å². The number of aromatic nitrogens is 6. The van der Waals surface area contributed by atoms with Crippen LogP contribution in [0.25, 0.3) is 11.3 Å². The van der Waals surface area contributed by atoms with Crippen LogP contribution in [0.4, 0.5) is 5.82 Å². The van der Waals surface area contributed by atoms with Gasteiger partial charge in [0.05, 0.1) is 10.6 Å². The van der Waals surface area contributed by atoms with Crippen LogP contribution in [0.2, 0.25) is 0 Å². The van der Waals surface area contributed by atoms with Crippen molar-refractivity contribution in [3.05, 3.63) is 61.2 Å². The minimum Gasteiger partial charge on any atom is -0.351 e. The number of nitrogens with zero attached hydrogens (tertiary/aromatic N) is 7. The van der Waals surface area contributed by atoms with E-state index in [2.05, 4.69) is 30.3 Å². The Hall–Kier alpha value is -3.80. The number of imidazole rings is 1. The molecule has 1 fully saturated rings. The van der Waals surface area contributed by atoms with E-state index in [1.807, 2.05) is 16.8 Å². The number of carbonyl (C=O) groups is 1. The molecule has 12 heteroatoms. The Labute approximate surface area is 183 Å². The standard InChI is InChI=1S/C20H20N8O3S/c1-32(30,31)16-4-2-15(3-5-16)28-13-23-17(25-28)20(29)24-14-6-9-27(12-14)19-18-21-7-10-26(18)11-8-22-19/h2-5,7-8,10-11,13-14H,6,9,12H2,1H3,(H,24,29). The second kappa shape index (κ2) is 7.71. The second-order valence-corrected chi connectivity index (χ2v) is 9.61. The van der Waals surface area contributed by atoms with Crippen molar-refractivity contribution in [3.63, 3.8) is 0 Å². The molecular weight excluding hydrogens is 432 g/mol. The van der Waals surface area contributed by atoms with Gasteiger partial charge in [0, 0.05) is 50.2 Å². The maximum Gasteiger partial charge on any atom is 0.291 e. The van der Waals surface area contributed by atoms with Crippen LogP contribution in [0, 0.1) is 0 Å². The zero-order valence-electron chi connectivity index (χ0n) is 17.2. The minimum absolute atomic E-state index is 0.0455. The summed E-state index contributed by atoms with van der Waals surface area (Å²) in [5.41, 5.74) is 1.39. The lowest BCUT2D eigenvalue weighted by molar-refractivity contribution is 0.0930. The molecule has 164 valence electrons. The van der Waals surface area contributed by atoms with Gasteiger partial charge in [-0.15, -0.1) is 5.10 Å². The predicted molar refractivity (Wildman–Crippen MR) is 116 cm³/mol. The Bertz CT molecular complexity index is 1390.